The minimum atomic E-state index is -0.298. The summed E-state index contributed by atoms with van der Waals surface area (Å²) in [6, 6.07) is 0. The Labute approximate surface area is 97.9 Å². The molecule has 0 aliphatic heterocycles. The minimum absolute atomic E-state index is 0.191. The van der Waals surface area contributed by atoms with Crippen molar-refractivity contribution in [2.75, 3.05) is 0 Å². The Morgan fingerprint density at radius 1 is 1.38 bits per heavy atom. The standard InChI is InChI=1S/C15H20O/c1-11(2)12-7-10-14(3)8-5-6-9-15(12,4)13(14)16/h5-7,10,12H,1,8-9H2,2-4H3/t12-,14+,15-/m0/s1. The molecule has 0 heterocycles. The van der Waals surface area contributed by atoms with Crippen molar-refractivity contribution in [1.29, 1.82) is 0 Å². The van der Waals surface area contributed by atoms with Crippen LogP contribution in [0.5, 0.6) is 0 Å². The molecule has 2 bridgehead atoms. The van der Waals surface area contributed by atoms with E-state index in [0.717, 1.165) is 18.4 Å². The quantitative estimate of drug-likeness (QED) is 0.611. The van der Waals surface area contributed by atoms with Crippen molar-refractivity contribution in [1.82, 2.24) is 0 Å². The summed E-state index contributed by atoms with van der Waals surface area (Å²) in [5.74, 6) is 0.566. The number of hydrogen-bond donors (Lipinski definition) is 0. The second-order valence-corrected chi connectivity index (χ2v) is 5.73. The number of rotatable bonds is 1. The number of Topliss-reactive ketones (excluding diaryl/α,β-unsaturated/α-hetero) is 1. The highest BCUT2D eigenvalue weighted by Gasteiger charge is 2.50. The maximum Gasteiger partial charge on any atom is 0.149 e. The van der Waals surface area contributed by atoms with Gasteiger partial charge in [0.15, 0.2) is 0 Å². The van der Waals surface area contributed by atoms with E-state index >= 15 is 0 Å². The van der Waals surface area contributed by atoms with Gasteiger partial charge in [0.2, 0.25) is 0 Å². The van der Waals surface area contributed by atoms with Gasteiger partial charge in [-0.15, -0.1) is 0 Å². The summed E-state index contributed by atoms with van der Waals surface area (Å²) in [6.45, 7) is 10.2. The summed E-state index contributed by atoms with van der Waals surface area (Å²) in [7, 11) is 0. The summed E-state index contributed by atoms with van der Waals surface area (Å²) in [6.07, 6.45) is 10.3. The van der Waals surface area contributed by atoms with Gasteiger partial charge in [0.1, 0.15) is 5.78 Å². The molecule has 0 saturated carbocycles. The van der Waals surface area contributed by atoms with E-state index in [2.05, 4.69) is 37.8 Å². The van der Waals surface area contributed by atoms with Crippen molar-refractivity contribution in [2.24, 2.45) is 16.7 Å². The van der Waals surface area contributed by atoms with Gasteiger partial charge in [-0.2, -0.15) is 0 Å². The van der Waals surface area contributed by atoms with Gasteiger partial charge < -0.3 is 0 Å². The van der Waals surface area contributed by atoms with Gasteiger partial charge in [-0.05, 0) is 26.7 Å². The van der Waals surface area contributed by atoms with Crippen molar-refractivity contribution in [3.05, 3.63) is 36.5 Å². The fourth-order valence-electron chi connectivity index (χ4n) is 3.14. The van der Waals surface area contributed by atoms with Gasteiger partial charge in [-0.25, -0.2) is 0 Å². The van der Waals surface area contributed by atoms with Crippen molar-refractivity contribution >= 4 is 5.78 Å². The molecule has 1 heteroatoms. The van der Waals surface area contributed by atoms with Gasteiger partial charge in [0.05, 0.1) is 0 Å². The first kappa shape index (κ1) is 11.4. The molecule has 86 valence electrons. The first-order chi connectivity index (χ1) is 7.40. The molecule has 3 atom stereocenters. The maximum atomic E-state index is 12.7. The van der Waals surface area contributed by atoms with E-state index in [1.807, 2.05) is 13.8 Å². The lowest BCUT2D eigenvalue weighted by Gasteiger charge is -2.43. The molecular formula is C15H20O. The monoisotopic (exact) mass is 216 g/mol. The Morgan fingerprint density at radius 2 is 2.00 bits per heavy atom. The molecule has 0 aromatic carbocycles. The Kier molecular flexibility index (Phi) is 2.45. The number of ketones is 1. The zero-order valence-electron chi connectivity index (χ0n) is 10.4. The normalized spacial score (nSPS) is 41.9. The first-order valence-electron chi connectivity index (χ1n) is 5.95. The summed E-state index contributed by atoms with van der Waals surface area (Å²) in [4.78, 5) is 12.7. The lowest BCUT2D eigenvalue weighted by molar-refractivity contribution is -0.137. The molecule has 0 spiro atoms. The highest BCUT2D eigenvalue weighted by molar-refractivity contribution is 5.94. The minimum Gasteiger partial charge on any atom is -0.298 e. The van der Waals surface area contributed by atoms with E-state index < -0.39 is 0 Å². The van der Waals surface area contributed by atoms with Crippen LogP contribution in [0.1, 0.15) is 33.6 Å². The van der Waals surface area contributed by atoms with Crippen LogP contribution in [0, 0.1) is 16.7 Å². The van der Waals surface area contributed by atoms with E-state index in [-0.39, 0.29) is 16.7 Å². The number of carbonyl (C=O) groups excluding carboxylic acids is 1. The molecule has 2 rings (SSSR count). The van der Waals surface area contributed by atoms with Crippen LogP contribution in [-0.4, -0.2) is 5.78 Å². The van der Waals surface area contributed by atoms with Gasteiger partial charge in [-0.3, -0.25) is 4.79 Å². The molecule has 0 aromatic heterocycles. The fourth-order valence-corrected chi connectivity index (χ4v) is 3.14. The zero-order chi connectivity index (χ0) is 12.0. The molecule has 0 unspecified atom stereocenters. The molecular weight excluding hydrogens is 196 g/mol. The SMILES string of the molecule is C=C(C)[C@@H]1C=C[C@@]2(C)CC=CC[C@]1(C)C2=O. The lowest BCUT2D eigenvalue weighted by Crippen LogP contribution is -2.45. The van der Waals surface area contributed by atoms with E-state index in [1.54, 1.807) is 0 Å². The smallest absolute Gasteiger partial charge is 0.149 e. The second-order valence-electron chi connectivity index (χ2n) is 5.73. The van der Waals surface area contributed by atoms with Crippen molar-refractivity contribution in [3.8, 4) is 0 Å². The first-order valence-corrected chi connectivity index (χ1v) is 5.95. The number of fused-ring (bicyclic) bond motifs is 2. The summed E-state index contributed by atoms with van der Waals surface area (Å²) >= 11 is 0. The predicted molar refractivity (Wildman–Crippen MR) is 67.0 cm³/mol. The van der Waals surface area contributed by atoms with Crippen LogP contribution >= 0.6 is 0 Å². The van der Waals surface area contributed by atoms with Crippen molar-refractivity contribution < 1.29 is 4.79 Å². The van der Waals surface area contributed by atoms with Gasteiger partial charge in [0.25, 0.3) is 0 Å². The second kappa shape index (κ2) is 3.44. The van der Waals surface area contributed by atoms with Crippen molar-refractivity contribution in [2.45, 2.75) is 33.6 Å². The summed E-state index contributed by atoms with van der Waals surface area (Å²) in [5, 5.41) is 0. The van der Waals surface area contributed by atoms with Gasteiger partial charge in [-0.1, -0.05) is 43.4 Å². The van der Waals surface area contributed by atoms with Crippen LogP contribution in [0.15, 0.2) is 36.5 Å². The topological polar surface area (TPSA) is 17.1 Å². The maximum absolute atomic E-state index is 12.7. The third kappa shape index (κ3) is 1.41. The molecule has 0 amide bonds. The molecule has 0 radical (unpaired) electrons. The highest BCUT2D eigenvalue weighted by atomic mass is 16.1. The summed E-state index contributed by atoms with van der Waals surface area (Å²) in [5.41, 5.74) is 0.500. The van der Waals surface area contributed by atoms with Crippen LogP contribution in [0.4, 0.5) is 0 Å². The average molecular weight is 216 g/mol. The zero-order valence-corrected chi connectivity index (χ0v) is 10.4. The Hall–Kier alpha value is -1.11. The molecule has 2 aliphatic carbocycles. The average Bonchev–Trinajstić information content (AvgIpc) is 2.29. The number of carbonyl (C=O) groups is 1. The Morgan fingerprint density at radius 3 is 2.62 bits per heavy atom. The van der Waals surface area contributed by atoms with Gasteiger partial charge in [0, 0.05) is 16.7 Å². The van der Waals surface area contributed by atoms with Crippen LogP contribution in [0.2, 0.25) is 0 Å². The van der Waals surface area contributed by atoms with Gasteiger partial charge >= 0.3 is 0 Å². The molecule has 0 fully saturated rings. The van der Waals surface area contributed by atoms with Crippen LogP contribution < -0.4 is 0 Å². The number of allylic oxidation sites excluding steroid dienone is 5. The molecule has 0 aromatic rings. The largest absolute Gasteiger partial charge is 0.298 e. The van der Waals surface area contributed by atoms with E-state index in [4.69, 9.17) is 0 Å². The predicted octanol–water partition coefficient (Wildman–Crippen LogP) is 3.68. The van der Waals surface area contributed by atoms with Crippen LogP contribution in [0.25, 0.3) is 0 Å². The number of hydrogen-bond acceptors (Lipinski definition) is 1. The third-order valence-corrected chi connectivity index (χ3v) is 4.16. The Balaban J connectivity index is 2.56. The van der Waals surface area contributed by atoms with Crippen LogP contribution in [0.3, 0.4) is 0 Å². The van der Waals surface area contributed by atoms with E-state index in [1.165, 1.54) is 0 Å². The molecule has 16 heavy (non-hydrogen) atoms. The lowest BCUT2D eigenvalue weighted by atomic mass is 9.59. The Bertz CT molecular complexity index is 402. The third-order valence-electron chi connectivity index (χ3n) is 4.16. The van der Waals surface area contributed by atoms with E-state index in [0.29, 0.717) is 5.78 Å². The molecule has 0 N–H and O–H groups in total. The van der Waals surface area contributed by atoms with Crippen LogP contribution in [-0.2, 0) is 4.79 Å². The highest BCUT2D eigenvalue weighted by Crippen LogP contribution is 2.50. The molecule has 0 saturated heterocycles. The fraction of sp³-hybridized carbons (Fsp3) is 0.533. The molecule has 2 aliphatic rings. The summed E-state index contributed by atoms with van der Waals surface area (Å²) < 4.78 is 0. The molecule has 1 nitrogen and oxygen atoms in total. The van der Waals surface area contributed by atoms with Crippen molar-refractivity contribution in [3.63, 3.8) is 0 Å². The van der Waals surface area contributed by atoms with E-state index in [9.17, 15) is 4.79 Å².